The molecule has 3 nitrogen and oxygen atoms in total. The van der Waals surface area contributed by atoms with E-state index in [2.05, 4.69) is 55.3 Å². The van der Waals surface area contributed by atoms with Gasteiger partial charge in [0.05, 0.1) is 5.69 Å². The Kier molecular flexibility index (Phi) is 5.41. The standard InChI is InChI=1S/C24H34N2O/c1-4-5-6-17-7-9-18(10-8-17)23-26-21(16-27-23)15-25-14-19-11-12-20-13-22(19)24(20,2)3/h7-10,16,19-20,22,25H,4-6,11-15H2,1-3H3/t19-,20-,22-/m0/s1. The first-order chi connectivity index (χ1) is 13.1. The number of aromatic nitrogens is 1. The van der Waals surface area contributed by atoms with Gasteiger partial charge < -0.3 is 9.73 Å². The highest BCUT2D eigenvalue weighted by molar-refractivity contribution is 5.53. The molecule has 3 saturated carbocycles. The number of fused-ring (bicyclic) bond motifs is 2. The summed E-state index contributed by atoms with van der Waals surface area (Å²) in [5.74, 6) is 3.44. The average Bonchev–Trinajstić information content (AvgIpc) is 3.15. The molecule has 0 amide bonds. The Bertz CT molecular complexity index is 744. The largest absolute Gasteiger partial charge is 0.444 e. The number of hydrogen-bond donors (Lipinski definition) is 1. The first-order valence-corrected chi connectivity index (χ1v) is 10.8. The zero-order valence-electron chi connectivity index (χ0n) is 17.1. The van der Waals surface area contributed by atoms with Crippen molar-refractivity contribution in [2.45, 2.75) is 65.8 Å². The number of nitrogens with one attached hydrogen (secondary N) is 1. The maximum atomic E-state index is 5.73. The summed E-state index contributed by atoms with van der Waals surface area (Å²) >= 11 is 0. The Morgan fingerprint density at radius 2 is 2.00 bits per heavy atom. The molecule has 3 aliphatic rings. The molecule has 2 bridgehead atoms. The number of aryl methyl sites for hydroxylation is 1. The average molecular weight is 367 g/mol. The van der Waals surface area contributed by atoms with Crippen molar-refractivity contribution in [3.8, 4) is 11.5 Å². The Morgan fingerprint density at radius 3 is 2.70 bits per heavy atom. The van der Waals surface area contributed by atoms with E-state index < -0.39 is 0 Å². The molecule has 3 atom stereocenters. The molecule has 0 aliphatic heterocycles. The summed E-state index contributed by atoms with van der Waals surface area (Å²) in [6, 6.07) is 8.66. The van der Waals surface area contributed by atoms with E-state index in [1.807, 2.05) is 0 Å². The highest BCUT2D eigenvalue weighted by atomic mass is 16.3. The van der Waals surface area contributed by atoms with Crippen LogP contribution in [-0.2, 0) is 13.0 Å². The summed E-state index contributed by atoms with van der Waals surface area (Å²) in [5.41, 5.74) is 4.02. The number of hydrogen-bond acceptors (Lipinski definition) is 3. The van der Waals surface area contributed by atoms with Crippen LogP contribution in [0.2, 0.25) is 0 Å². The first kappa shape index (κ1) is 18.7. The fourth-order valence-corrected chi connectivity index (χ4v) is 5.31. The normalized spacial score (nSPS) is 26.0. The van der Waals surface area contributed by atoms with Gasteiger partial charge in [0.25, 0.3) is 0 Å². The Labute approximate surface area is 164 Å². The van der Waals surface area contributed by atoms with Crippen molar-refractivity contribution >= 4 is 0 Å². The minimum atomic E-state index is 0.564. The van der Waals surface area contributed by atoms with E-state index in [9.17, 15) is 0 Å². The van der Waals surface area contributed by atoms with Crippen LogP contribution >= 0.6 is 0 Å². The lowest BCUT2D eigenvalue weighted by atomic mass is 9.45. The van der Waals surface area contributed by atoms with Crippen molar-refractivity contribution in [1.82, 2.24) is 10.3 Å². The van der Waals surface area contributed by atoms with Crippen LogP contribution in [0.25, 0.3) is 11.5 Å². The lowest BCUT2D eigenvalue weighted by molar-refractivity contribution is -0.103. The molecule has 0 saturated heterocycles. The second kappa shape index (κ2) is 7.79. The van der Waals surface area contributed by atoms with Crippen LogP contribution in [0.4, 0.5) is 0 Å². The van der Waals surface area contributed by atoms with Gasteiger partial charge in [0.1, 0.15) is 6.26 Å². The van der Waals surface area contributed by atoms with E-state index >= 15 is 0 Å². The predicted molar refractivity (Wildman–Crippen MR) is 110 cm³/mol. The van der Waals surface area contributed by atoms with Gasteiger partial charge in [-0.25, -0.2) is 4.98 Å². The van der Waals surface area contributed by atoms with Gasteiger partial charge in [0, 0.05) is 12.1 Å². The number of benzene rings is 1. The third-order valence-electron chi connectivity index (χ3n) is 7.29. The smallest absolute Gasteiger partial charge is 0.226 e. The molecule has 1 aromatic carbocycles. The zero-order valence-corrected chi connectivity index (χ0v) is 17.1. The third-order valence-corrected chi connectivity index (χ3v) is 7.29. The number of nitrogens with zero attached hydrogens (tertiary/aromatic N) is 1. The molecular formula is C24H34N2O. The number of rotatable bonds is 8. The molecule has 1 N–H and O–H groups in total. The van der Waals surface area contributed by atoms with Crippen LogP contribution in [0.3, 0.4) is 0 Å². The molecule has 0 spiro atoms. The van der Waals surface area contributed by atoms with E-state index in [0.29, 0.717) is 5.41 Å². The summed E-state index contributed by atoms with van der Waals surface area (Å²) in [5, 5.41) is 3.64. The van der Waals surface area contributed by atoms with Crippen LogP contribution in [0, 0.1) is 23.2 Å². The van der Waals surface area contributed by atoms with Crippen molar-refractivity contribution in [2.75, 3.05) is 6.54 Å². The summed E-state index contributed by atoms with van der Waals surface area (Å²) in [6.07, 6.45) is 9.68. The molecule has 3 heteroatoms. The van der Waals surface area contributed by atoms with Crippen LogP contribution in [-0.4, -0.2) is 11.5 Å². The van der Waals surface area contributed by atoms with E-state index in [1.165, 1.54) is 37.7 Å². The molecular weight excluding hydrogens is 332 g/mol. The predicted octanol–water partition coefficient (Wildman–Crippen LogP) is 5.85. The van der Waals surface area contributed by atoms with Crippen molar-refractivity contribution in [3.05, 3.63) is 41.8 Å². The molecule has 27 heavy (non-hydrogen) atoms. The molecule has 0 radical (unpaired) electrons. The maximum absolute atomic E-state index is 5.73. The molecule has 0 unspecified atom stereocenters. The fourth-order valence-electron chi connectivity index (χ4n) is 5.31. The Morgan fingerprint density at radius 1 is 1.19 bits per heavy atom. The quantitative estimate of drug-likeness (QED) is 0.637. The molecule has 3 fully saturated rings. The minimum Gasteiger partial charge on any atom is -0.444 e. The number of oxazole rings is 1. The van der Waals surface area contributed by atoms with E-state index in [-0.39, 0.29) is 0 Å². The molecule has 5 rings (SSSR count). The summed E-state index contributed by atoms with van der Waals surface area (Å²) in [6.45, 7) is 9.07. The highest BCUT2D eigenvalue weighted by Crippen LogP contribution is 2.61. The van der Waals surface area contributed by atoms with Gasteiger partial charge in [-0.05, 0) is 79.5 Å². The molecule has 146 valence electrons. The van der Waals surface area contributed by atoms with Gasteiger partial charge >= 0.3 is 0 Å². The second-order valence-corrected chi connectivity index (χ2v) is 9.27. The maximum Gasteiger partial charge on any atom is 0.226 e. The highest BCUT2D eigenvalue weighted by Gasteiger charge is 2.53. The Balaban J connectivity index is 1.28. The SMILES string of the molecule is CCCCc1ccc(-c2nc(CNC[C@@H]3CC[C@H]4C[C@@H]3C4(C)C)co2)cc1. The van der Waals surface area contributed by atoms with Crippen LogP contribution in [0.1, 0.15) is 64.1 Å². The number of unbranched alkanes of at least 4 members (excludes halogenated alkanes) is 1. The van der Waals surface area contributed by atoms with E-state index in [0.717, 1.165) is 54.4 Å². The molecule has 2 aromatic rings. The van der Waals surface area contributed by atoms with Crippen LogP contribution in [0.15, 0.2) is 34.9 Å². The van der Waals surface area contributed by atoms with Crippen LogP contribution < -0.4 is 5.32 Å². The monoisotopic (exact) mass is 366 g/mol. The van der Waals surface area contributed by atoms with Gasteiger partial charge in [-0.2, -0.15) is 0 Å². The summed E-state index contributed by atoms with van der Waals surface area (Å²) in [7, 11) is 0. The van der Waals surface area contributed by atoms with Gasteiger partial charge in [-0.1, -0.05) is 39.3 Å². The topological polar surface area (TPSA) is 38.1 Å². The van der Waals surface area contributed by atoms with Crippen molar-refractivity contribution in [3.63, 3.8) is 0 Å². The van der Waals surface area contributed by atoms with Gasteiger partial charge in [0.15, 0.2) is 0 Å². The lowest BCUT2D eigenvalue weighted by Gasteiger charge is -2.60. The lowest BCUT2D eigenvalue weighted by Crippen LogP contribution is -2.54. The summed E-state index contributed by atoms with van der Waals surface area (Å²) in [4.78, 5) is 4.68. The van der Waals surface area contributed by atoms with Gasteiger partial charge in [0.2, 0.25) is 5.89 Å². The molecule has 1 aromatic heterocycles. The first-order valence-electron chi connectivity index (χ1n) is 10.8. The van der Waals surface area contributed by atoms with Crippen molar-refractivity contribution in [1.29, 1.82) is 0 Å². The van der Waals surface area contributed by atoms with Crippen LogP contribution in [0.5, 0.6) is 0 Å². The molecule has 3 aliphatic carbocycles. The van der Waals surface area contributed by atoms with Gasteiger partial charge in [-0.15, -0.1) is 0 Å². The zero-order chi connectivity index (χ0) is 18.9. The minimum absolute atomic E-state index is 0.564. The van der Waals surface area contributed by atoms with E-state index in [4.69, 9.17) is 4.42 Å². The fraction of sp³-hybridized carbons (Fsp3) is 0.625. The molecule has 1 heterocycles. The Hall–Kier alpha value is -1.61. The second-order valence-electron chi connectivity index (χ2n) is 9.27. The van der Waals surface area contributed by atoms with Gasteiger partial charge in [-0.3, -0.25) is 0 Å². The van der Waals surface area contributed by atoms with E-state index in [1.54, 1.807) is 6.26 Å². The van der Waals surface area contributed by atoms with Crippen molar-refractivity contribution in [2.24, 2.45) is 23.2 Å². The van der Waals surface area contributed by atoms with Crippen molar-refractivity contribution < 1.29 is 4.42 Å². The summed E-state index contributed by atoms with van der Waals surface area (Å²) < 4.78 is 5.73. The third kappa shape index (κ3) is 3.85.